The van der Waals surface area contributed by atoms with E-state index >= 15 is 0 Å². The van der Waals surface area contributed by atoms with Gasteiger partial charge in [-0.15, -0.1) is 0 Å². The normalized spacial score (nSPS) is 14.8. The molecule has 1 heterocycles. The summed E-state index contributed by atoms with van der Waals surface area (Å²) < 4.78 is 11.0. The van der Waals surface area contributed by atoms with Gasteiger partial charge in [0.15, 0.2) is 0 Å². The van der Waals surface area contributed by atoms with Gasteiger partial charge in [0.25, 0.3) is 5.91 Å². The van der Waals surface area contributed by atoms with Crippen molar-refractivity contribution in [2.45, 2.75) is 12.5 Å². The Balaban J connectivity index is 1.45. The molecule has 4 aromatic rings. The predicted octanol–water partition coefficient (Wildman–Crippen LogP) is 7.36. The summed E-state index contributed by atoms with van der Waals surface area (Å²) in [6.45, 7) is 0. The molecule has 204 valence electrons. The first-order chi connectivity index (χ1) is 20.0. The number of amides is 1. The zero-order chi connectivity index (χ0) is 28.6. The summed E-state index contributed by atoms with van der Waals surface area (Å²) in [5, 5.41) is 6.64. The van der Waals surface area contributed by atoms with E-state index in [1.54, 1.807) is 37.5 Å². The van der Waals surface area contributed by atoms with Gasteiger partial charge in [-0.2, -0.15) is 5.10 Å². The average Bonchev–Trinajstić information content (AvgIpc) is 3.46. The van der Waals surface area contributed by atoms with Gasteiger partial charge in [-0.25, -0.2) is 9.80 Å². The molecule has 1 aliphatic heterocycles. The summed E-state index contributed by atoms with van der Waals surface area (Å²) in [5.41, 5.74) is 3.78. The second-order valence-electron chi connectivity index (χ2n) is 9.27. The third-order valence-corrected chi connectivity index (χ3v) is 6.76. The Labute approximate surface area is 243 Å². The fourth-order valence-electron chi connectivity index (χ4n) is 4.46. The van der Waals surface area contributed by atoms with Gasteiger partial charge in [-0.05, 0) is 59.2 Å². The van der Waals surface area contributed by atoms with Crippen LogP contribution in [0.4, 0.5) is 0 Å². The summed E-state index contributed by atoms with van der Waals surface area (Å²) in [5.74, 6) is 0.193. The summed E-state index contributed by atoms with van der Waals surface area (Å²) in [6, 6.07) is 31.2. The van der Waals surface area contributed by atoms with Crippen LogP contribution < -0.4 is 9.47 Å². The number of carbonyl (C=O) groups is 2. The van der Waals surface area contributed by atoms with E-state index in [1.165, 1.54) is 17.2 Å². The minimum atomic E-state index is -0.540. The van der Waals surface area contributed by atoms with Crippen LogP contribution in [0.2, 0.25) is 5.02 Å². The molecule has 0 radical (unpaired) electrons. The molecule has 0 saturated heterocycles. The van der Waals surface area contributed by atoms with Crippen molar-refractivity contribution in [2.24, 2.45) is 5.10 Å². The van der Waals surface area contributed by atoms with Crippen LogP contribution in [0.25, 0.3) is 12.2 Å². The molecule has 0 spiro atoms. The zero-order valence-corrected chi connectivity index (χ0v) is 23.1. The number of carbonyl (C=O) groups excluding carboxylic acids is 2. The molecule has 1 unspecified atom stereocenters. The van der Waals surface area contributed by atoms with Crippen LogP contribution in [-0.4, -0.2) is 29.7 Å². The van der Waals surface area contributed by atoms with Crippen molar-refractivity contribution >= 4 is 41.3 Å². The van der Waals surface area contributed by atoms with Crippen molar-refractivity contribution in [3.8, 4) is 11.5 Å². The Morgan fingerprint density at radius 1 is 0.854 bits per heavy atom. The topological polar surface area (TPSA) is 68.2 Å². The molecule has 41 heavy (non-hydrogen) atoms. The molecular formula is C34H27ClN2O4. The molecule has 0 fully saturated rings. The van der Waals surface area contributed by atoms with Crippen LogP contribution in [-0.2, 0) is 9.59 Å². The molecule has 0 bridgehead atoms. The molecule has 1 atom stereocenters. The Morgan fingerprint density at radius 3 is 2.12 bits per heavy atom. The third kappa shape index (κ3) is 6.99. The zero-order valence-electron chi connectivity index (χ0n) is 22.3. The largest absolute Gasteiger partial charge is 0.497 e. The number of halogens is 1. The third-order valence-electron chi connectivity index (χ3n) is 6.53. The summed E-state index contributed by atoms with van der Waals surface area (Å²) in [6.07, 6.45) is 6.71. The van der Waals surface area contributed by atoms with Crippen LogP contribution >= 0.6 is 11.6 Å². The van der Waals surface area contributed by atoms with Gasteiger partial charge in [0.2, 0.25) is 0 Å². The maximum absolute atomic E-state index is 13.4. The van der Waals surface area contributed by atoms with Gasteiger partial charge in [-0.3, -0.25) is 4.79 Å². The lowest BCUT2D eigenvalue weighted by atomic mass is 9.97. The molecular weight excluding hydrogens is 536 g/mol. The molecule has 0 saturated carbocycles. The quantitative estimate of drug-likeness (QED) is 0.128. The van der Waals surface area contributed by atoms with Gasteiger partial charge >= 0.3 is 5.97 Å². The monoisotopic (exact) mass is 562 g/mol. The molecule has 7 heteroatoms. The number of ether oxygens (including phenoxy) is 2. The summed E-state index contributed by atoms with van der Waals surface area (Å²) in [4.78, 5) is 26.1. The van der Waals surface area contributed by atoms with E-state index in [9.17, 15) is 9.59 Å². The van der Waals surface area contributed by atoms with Crippen LogP contribution in [0.5, 0.6) is 11.5 Å². The highest BCUT2D eigenvalue weighted by Gasteiger charge is 2.33. The van der Waals surface area contributed by atoms with E-state index in [1.807, 2.05) is 84.9 Å². The lowest BCUT2D eigenvalue weighted by Gasteiger charge is -2.21. The van der Waals surface area contributed by atoms with Gasteiger partial charge in [-0.1, -0.05) is 84.4 Å². The molecule has 0 aromatic heterocycles. The Kier molecular flexibility index (Phi) is 8.72. The number of hydrogen-bond donors (Lipinski definition) is 0. The Morgan fingerprint density at radius 2 is 1.49 bits per heavy atom. The van der Waals surface area contributed by atoms with Crippen molar-refractivity contribution in [1.29, 1.82) is 0 Å². The highest BCUT2D eigenvalue weighted by atomic mass is 35.5. The minimum Gasteiger partial charge on any atom is -0.497 e. The second-order valence-corrected chi connectivity index (χ2v) is 9.71. The van der Waals surface area contributed by atoms with Gasteiger partial charge in [0.1, 0.15) is 11.5 Å². The first-order valence-corrected chi connectivity index (χ1v) is 13.4. The van der Waals surface area contributed by atoms with Crippen LogP contribution in [0, 0.1) is 0 Å². The number of benzene rings is 4. The van der Waals surface area contributed by atoms with E-state index in [4.69, 9.17) is 26.2 Å². The van der Waals surface area contributed by atoms with Crippen LogP contribution in [0.15, 0.2) is 120 Å². The predicted molar refractivity (Wildman–Crippen MR) is 162 cm³/mol. The van der Waals surface area contributed by atoms with Gasteiger partial charge < -0.3 is 9.47 Å². The molecule has 1 aliphatic rings. The maximum atomic E-state index is 13.4. The number of hydrogen-bond acceptors (Lipinski definition) is 5. The SMILES string of the molecule is COc1ccc(C2CC(c3cc(Cl)ccc3OC(=O)C=Cc3ccccc3)=NN2C(=O)C=Cc2ccccc2)cc1. The second kappa shape index (κ2) is 12.9. The van der Waals surface area contributed by atoms with Gasteiger partial charge in [0, 0.05) is 29.2 Å². The van der Waals surface area contributed by atoms with E-state index in [2.05, 4.69) is 0 Å². The Bertz CT molecular complexity index is 1610. The van der Waals surface area contributed by atoms with E-state index in [0.29, 0.717) is 34.2 Å². The number of nitrogens with zero attached hydrogens (tertiary/aromatic N) is 2. The maximum Gasteiger partial charge on any atom is 0.336 e. The van der Waals surface area contributed by atoms with E-state index < -0.39 is 5.97 Å². The Hall–Kier alpha value is -4.94. The first-order valence-electron chi connectivity index (χ1n) is 13.0. The highest BCUT2D eigenvalue weighted by molar-refractivity contribution is 6.31. The molecule has 5 rings (SSSR count). The van der Waals surface area contributed by atoms with Crippen LogP contribution in [0.1, 0.15) is 34.7 Å². The highest BCUT2D eigenvalue weighted by Crippen LogP contribution is 2.36. The lowest BCUT2D eigenvalue weighted by Crippen LogP contribution is -2.25. The molecule has 4 aromatic carbocycles. The number of hydrazone groups is 1. The number of methoxy groups -OCH3 is 1. The fraction of sp³-hybridized carbons (Fsp3) is 0.0882. The fourth-order valence-corrected chi connectivity index (χ4v) is 4.63. The van der Waals surface area contributed by atoms with Gasteiger partial charge in [0.05, 0.1) is 18.9 Å². The van der Waals surface area contributed by atoms with Crippen molar-refractivity contribution in [3.63, 3.8) is 0 Å². The summed E-state index contributed by atoms with van der Waals surface area (Å²) in [7, 11) is 1.60. The number of rotatable bonds is 8. The van der Waals surface area contributed by atoms with Crippen molar-refractivity contribution in [3.05, 3.63) is 143 Å². The van der Waals surface area contributed by atoms with Crippen molar-refractivity contribution in [1.82, 2.24) is 5.01 Å². The van der Waals surface area contributed by atoms with Crippen LogP contribution in [0.3, 0.4) is 0 Å². The standard InChI is InChI=1S/C34H27ClN2O4/c1-40-28-17-14-26(15-18-28)31-23-30(36-37(31)33(38)20-12-24-8-4-2-5-9-24)29-22-27(35)16-19-32(29)41-34(39)21-13-25-10-6-3-7-11-25/h2-22,31H,23H2,1H3. The lowest BCUT2D eigenvalue weighted by molar-refractivity contribution is -0.129. The van der Waals surface area contributed by atoms with Crippen molar-refractivity contribution < 1.29 is 19.1 Å². The first kappa shape index (κ1) is 27.6. The minimum absolute atomic E-state index is 0.281. The molecule has 0 aliphatic carbocycles. The molecule has 0 N–H and O–H groups in total. The van der Waals surface area contributed by atoms with Crippen molar-refractivity contribution in [2.75, 3.05) is 7.11 Å². The van der Waals surface area contributed by atoms with E-state index in [-0.39, 0.29) is 11.9 Å². The van der Waals surface area contributed by atoms with E-state index in [0.717, 1.165) is 16.7 Å². The average molecular weight is 563 g/mol. The molecule has 1 amide bonds. The summed E-state index contributed by atoms with van der Waals surface area (Å²) >= 11 is 6.36. The smallest absolute Gasteiger partial charge is 0.336 e. The number of esters is 1. The molecule has 6 nitrogen and oxygen atoms in total.